The van der Waals surface area contributed by atoms with Crippen LogP contribution in [0.4, 0.5) is 0 Å². The van der Waals surface area contributed by atoms with Gasteiger partial charge < -0.3 is 19.6 Å². The molecule has 1 heterocycles. The molecule has 0 aliphatic heterocycles. The topological polar surface area (TPSA) is 71.7 Å². The minimum absolute atomic E-state index is 0.193. The van der Waals surface area contributed by atoms with Gasteiger partial charge in [-0.05, 0) is 30.5 Å². The second-order valence-corrected chi connectivity index (χ2v) is 6.49. The van der Waals surface area contributed by atoms with Crippen molar-refractivity contribution in [2.45, 2.75) is 33.8 Å². The molecule has 22 heavy (non-hydrogen) atoms. The van der Waals surface area contributed by atoms with Crippen LogP contribution < -0.4 is 10.1 Å². The average Bonchev–Trinajstić information content (AvgIpc) is 2.78. The SMILES string of the molecule is COc1ccc2oc(C)c(C(=O)NCC(O)C(C)(C)C)c2c1. The van der Waals surface area contributed by atoms with Gasteiger partial charge in [0.05, 0.1) is 18.8 Å². The van der Waals surface area contributed by atoms with Gasteiger partial charge in [0.25, 0.3) is 5.91 Å². The van der Waals surface area contributed by atoms with Crippen molar-refractivity contribution < 1.29 is 19.1 Å². The highest BCUT2D eigenvalue weighted by Crippen LogP contribution is 2.29. The fraction of sp³-hybridized carbons (Fsp3) is 0.471. The van der Waals surface area contributed by atoms with E-state index in [1.54, 1.807) is 32.2 Å². The van der Waals surface area contributed by atoms with Crippen LogP contribution in [0.2, 0.25) is 0 Å². The van der Waals surface area contributed by atoms with Crippen molar-refractivity contribution in [1.82, 2.24) is 5.32 Å². The molecule has 120 valence electrons. The molecule has 1 aromatic heterocycles. The number of amides is 1. The molecule has 1 aromatic carbocycles. The van der Waals surface area contributed by atoms with E-state index in [1.165, 1.54) is 0 Å². The first kappa shape index (κ1) is 16.4. The number of methoxy groups -OCH3 is 1. The predicted octanol–water partition coefficient (Wildman–Crippen LogP) is 2.89. The van der Waals surface area contributed by atoms with E-state index < -0.39 is 6.10 Å². The summed E-state index contributed by atoms with van der Waals surface area (Å²) >= 11 is 0. The molecule has 2 rings (SSSR count). The van der Waals surface area contributed by atoms with Crippen molar-refractivity contribution in [2.75, 3.05) is 13.7 Å². The summed E-state index contributed by atoms with van der Waals surface area (Å²) in [6.45, 7) is 7.72. The molecule has 1 unspecified atom stereocenters. The number of aliphatic hydroxyl groups is 1. The molecule has 0 aliphatic carbocycles. The monoisotopic (exact) mass is 305 g/mol. The molecule has 0 bridgehead atoms. The first-order chi connectivity index (χ1) is 10.2. The Kier molecular flexibility index (Phi) is 4.47. The summed E-state index contributed by atoms with van der Waals surface area (Å²) in [5.41, 5.74) is 0.833. The van der Waals surface area contributed by atoms with Crippen LogP contribution in [0.5, 0.6) is 5.75 Å². The lowest BCUT2D eigenvalue weighted by atomic mass is 9.89. The number of carbonyl (C=O) groups excluding carboxylic acids is 1. The van der Waals surface area contributed by atoms with Gasteiger partial charge in [0.15, 0.2) is 0 Å². The van der Waals surface area contributed by atoms with Crippen LogP contribution in [0.3, 0.4) is 0 Å². The fourth-order valence-corrected chi connectivity index (χ4v) is 2.19. The number of hydrogen-bond acceptors (Lipinski definition) is 4. The zero-order valence-electron chi connectivity index (χ0n) is 13.7. The summed E-state index contributed by atoms with van der Waals surface area (Å²) in [4.78, 5) is 12.4. The molecule has 0 saturated heterocycles. The zero-order valence-corrected chi connectivity index (χ0v) is 13.7. The van der Waals surface area contributed by atoms with Gasteiger partial charge in [-0.25, -0.2) is 0 Å². The molecule has 0 aliphatic rings. The molecule has 0 saturated carbocycles. The molecule has 1 amide bonds. The average molecular weight is 305 g/mol. The van der Waals surface area contributed by atoms with Crippen LogP contribution in [-0.2, 0) is 0 Å². The second kappa shape index (κ2) is 6.01. The van der Waals surface area contributed by atoms with Gasteiger partial charge in [-0.2, -0.15) is 0 Å². The van der Waals surface area contributed by atoms with Crippen LogP contribution in [-0.4, -0.2) is 30.8 Å². The van der Waals surface area contributed by atoms with E-state index in [9.17, 15) is 9.90 Å². The van der Waals surface area contributed by atoms with Crippen LogP contribution in [0.15, 0.2) is 22.6 Å². The summed E-state index contributed by atoms with van der Waals surface area (Å²) in [5.74, 6) is 0.955. The Morgan fingerprint density at radius 3 is 2.68 bits per heavy atom. The van der Waals surface area contributed by atoms with Crippen molar-refractivity contribution in [1.29, 1.82) is 0 Å². The van der Waals surface area contributed by atoms with Gasteiger partial charge in [-0.3, -0.25) is 4.79 Å². The third kappa shape index (κ3) is 3.25. The number of rotatable bonds is 4. The van der Waals surface area contributed by atoms with E-state index in [0.29, 0.717) is 28.0 Å². The van der Waals surface area contributed by atoms with Crippen molar-refractivity contribution >= 4 is 16.9 Å². The number of aryl methyl sites for hydroxylation is 1. The molecular formula is C17H23NO4. The van der Waals surface area contributed by atoms with Crippen molar-refractivity contribution in [3.8, 4) is 5.75 Å². The number of aliphatic hydroxyl groups excluding tert-OH is 1. The number of ether oxygens (including phenoxy) is 1. The quantitative estimate of drug-likeness (QED) is 0.911. The maximum Gasteiger partial charge on any atom is 0.255 e. The Balaban J connectivity index is 2.26. The summed E-state index contributed by atoms with van der Waals surface area (Å²) < 4.78 is 10.8. The van der Waals surface area contributed by atoms with Crippen molar-refractivity contribution in [3.05, 3.63) is 29.5 Å². The van der Waals surface area contributed by atoms with E-state index in [1.807, 2.05) is 20.8 Å². The fourth-order valence-electron chi connectivity index (χ4n) is 2.19. The van der Waals surface area contributed by atoms with Gasteiger partial charge in [0.1, 0.15) is 17.1 Å². The number of carbonyl (C=O) groups is 1. The van der Waals surface area contributed by atoms with Gasteiger partial charge in [-0.1, -0.05) is 20.8 Å². The third-order valence-electron chi connectivity index (χ3n) is 3.75. The second-order valence-electron chi connectivity index (χ2n) is 6.49. The lowest BCUT2D eigenvalue weighted by molar-refractivity contribution is 0.0587. The molecule has 0 radical (unpaired) electrons. The minimum atomic E-state index is -0.621. The standard InChI is InChI=1S/C17H23NO4/c1-10-15(16(20)18-9-14(19)17(2,3)4)12-8-11(21-5)6-7-13(12)22-10/h6-8,14,19H,9H2,1-5H3,(H,18,20). The Morgan fingerprint density at radius 1 is 1.41 bits per heavy atom. The van der Waals surface area contributed by atoms with Crippen LogP contribution in [0, 0.1) is 12.3 Å². The first-order valence-electron chi connectivity index (χ1n) is 7.27. The Bertz CT molecular complexity index is 682. The van der Waals surface area contributed by atoms with Gasteiger partial charge >= 0.3 is 0 Å². The predicted molar refractivity (Wildman–Crippen MR) is 85.3 cm³/mol. The zero-order chi connectivity index (χ0) is 16.5. The van der Waals surface area contributed by atoms with Crippen LogP contribution in [0.1, 0.15) is 36.9 Å². The molecule has 2 N–H and O–H groups in total. The van der Waals surface area contributed by atoms with Gasteiger partial charge in [0, 0.05) is 11.9 Å². The largest absolute Gasteiger partial charge is 0.497 e. The Hall–Kier alpha value is -2.01. The van der Waals surface area contributed by atoms with Crippen molar-refractivity contribution in [2.24, 2.45) is 5.41 Å². The lowest BCUT2D eigenvalue weighted by Gasteiger charge is -2.25. The van der Waals surface area contributed by atoms with Crippen LogP contribution in [0.25, 0.3) is 11.0 Å². The summed E-state index contributed by atoms with van der Waals surface area (Å²) in [7, 11) is 1.58. The molecule has 0 spiro atoms. The number of furan rings is 1. The molecule has 5 heteroatoms. The molecule has 2 aromatic rings. The Morgan fingerprint density at radius 2 is 2.09 bits per heavy atom. The van der Waals surface area contributed by atoms with E-state index >= 15 is 0 Å². The van der Waals surface area contributed by atoms with E-state index in [4.69, 9.17) is 9.15 Å². The summed E-state index contributed by atoms with van der Waals surface area (Å²) in [6, 6.07) is 5.35. The van der Waals surface area contributed by atoms with Gasteiger partial charge in [0.2, 0.25) is 0 Å². The minimum Gasteiger partial charge on any atom is -0.497 e. The van der Waals surface area contributed by atoms with Crippen molar-refractivity contribution in [3.63, 3.8) is 0 Å². The third-order valence-corrected chi connectivity index (χ3v) is 3.75. The van der Waals surface area contributed by atoms with Crippen LogP contribution >= 0.6 is 0 Å². The smallest absolute Gasteiger partial charge is 0.255 e. The highest BCUT2D eigenvalue weighted by atomic mass is 16.5. The Labute approximate surface area is 130 Å². The maximum absolute atomic E-state index is 12.4. The lowest BCUT2D eigenvalue weighted by Crippen LogP contribution is -2.39. The van der Waals surface area contributed by atoms with E-state index in [2.05, 4.69) is 5.32 Å². The number of benzene rings is 1. The van der Waals surface area contributed by atoms with Gasteiger partial charge in [-0.15, -0.1) is 0 Å². The van der Waals surface area contributed by atoms with E-state index in [-0.39, 0.29) is 17.9 Å². The van der Waals surface area contributed by atoms with E-state index in [0.717, 1.165) is 0 Å². The maximum atomic E-state index is 12.4. The summed E-state index contributed by atoms with van der Waals surface area (Å²) in [6.07, 6.45) is -0.621. The number of fused-ring (bicyclic) bond motifs is 1. The molecule has 0 fully saturated rings. The number of hydrogen-bond donors (Lipinski definition) is 2. The first-order valence-corrected chi connectivity index (χ1v) is 7.27. The molecule has 1 atom stereocenters. The molecule has 5 nitrogen and oxygen atoms in total. The molecular weight excluding hydrogens is 282 g/mol. The highest BCUT2D eigenvalue weighted by Gasteiger charge is 2.24. The normalized spacial score (nSPS) is 13.2. The number of nitrogens with one attached hydrogen (secondary N) is 1. The summed E-state index contributed by atoms with van der Waals surface area (Å²) in [5, 5.41) is 13.5. The highest BCUT2D eigenvalue weighted by molar-refractivity contribution is 6.07.